The lowest BCUT2D eigenvalue weighted by Gasteiger charge is -2.23. The highest BCUT2D eigenvalue weighted by Gasteiger charge is 2.34. The molecule has 3 heterocycles. The molecule has 140 valence electrons. The molecule has 0 aliphatic carbocycles. The van der Waals surface area contributed by atoms with Crippen molar-refractivity contribution in [3.05, 3.63) is 51.4 Å². The standard InChI is InChI=1S/C20H19NO5S/c1-11-13-6-5-12(25-2)10-15(13)26-18(11)19(22)21-9-3-4-14(21)16-7-8-17(27-16)20(23)24/h5-8,10,14H,3-4,9H2,1-2H3,(H,23,24)/t14-/m1/s1. The van der Waals surface area contributed by atoms with Gasteiger partial charge in [0.1, 0.15) is 16.2 Å². The molecule has 1 aromatic carbocycles. The highest BCUT2D eigenvalue weighted by atomic mass is 32.1. The summed E-state index contributed by atoms with van der Waals surface area (Å²) in [7, 11) is 1.59. The molecule has 1 N–H and O–H groups in total. The monoisotopic (exact) mass is 385 g/mol. The van der Waals surface area contributed by atoms with Crippen LogP contribution in [0.2, 0.25) is 0 Å². The van der Waals surface area contributed by atoms with Gasteiger partial charge in [0.2, 0.25) is 0 Å². The van der Waals surface area contributed by atoms with E-state index in [2.05, 4.69) is 0 Å². The van der Waals surface area contributed by atoms with E-state index in [1.165, 1.54) is 11.3 Å². The molecule has 0 radical (unpaired) electrons. The number of carboxylic acid groups (broad SMARTS) is 1. The molecular formula is C20H19NO5S. The van der Waals surface area contributed by atoms with Gasteiger partial charge in [-0.2, -0.15) is 0 Å². The van der Waals surface area contributed by atoms with Crippen LogP contribution >= 0.6 is 11.3 Å². The number of hydrogen-bond acceptors (Lipinski definition) is 5. The van der Waals surface area contributed by atoms with E-state index in [0.29, 0.717) is 23.6 Å². The molecule has 0 spiro atoms. The van der Waals surface area contributed by atoms with Crippen LogP contribution < -0.4 is 4.74 Å². The third-order valence-electron chi connectivity index (χ3n) is 5.02. The van der Waals surface area contributed by atoms with Gasteiger partial charge in [-0.25, -0.2) is 4.79 Å². The van der Waals surface area contributed by atoms with E-state index in [9.17, 15) is 9.59 Å². The molecule has 1 aliphatic rings. The van der Waals surface area contributed by atoms with E-state index >= 15 is 0 Å². The molecule has 1 amide bonds. The number of ether oxygens (including phenoxy) is 1. The molecule has 0 unspecified atom stereocenters. The highest BCUT2D eigenvalue weighted by molar-refractivity contribution is 7.14. The fourth-order valence-electron chi connectivity index (χ4n) is 3.62. The minimum absolute atomic E-state index is 0.113. The molecule has 1 atom stereocenters. The van der Waals surface area contributed by atoms with Gasteiger partial charge in [-0.1, -0.05) is 0 Å². The first-order chi connectivity index (χ1) is 13.0. The number of likely N-dealkylation sites (tertiary alicyclic amines) is 1. The van der Waals surface area contributed by atoms with Gasteiger partial charge in [-0.3, -0.25) is 4.79 Å². The first-order valence-electron chi connectivity index (χ1n) is 8.70. The van der Waals surface area contributed by atoms with Gasteiger partial charge in [0, 0.05) is 28.4 Å². The van der Waals surface area contributed by atoms with Gasteiger partial charge in [0.05, 0.1) is 13.2 Å². The van der Waals surface area contributed by atoms with Gasteiger partial charge >= 0.3 is 5.97 Å². The normalized spacial score (nSPS) is 16.8. The lowest BCUT2D eigenvalue weighted by atomic mass is 10.1. The maximum absolute atomic E-state index is 13.2. The fourth-order valence-corrected chi connectivity index (χ4v) is 4.61. The van der Waals surface area contributed by atoms with Crippen molar-refractivity contribution in [3.8, 4) is 5.75 Å². The lowest BCUT2D eigenvalue weighted by Crippen LogP contribution is -2.30. The van der Waals surface area contributed by atoms with Crippen LogP contribution in [-0.4, -0.2) is 35.5 Å². The van der Waals surface area contributed by atoms with Gasteiger partial charge in [-0.05, 0) is 44.0 Å². The zero-order chi connectivity index (χ0) is 19.1. The summed E-state index contributed by atoms with van der Waals surface area (Å²) in [5.41, 5.74) is 1.43. The van der Waals surface area contributed by atoms with Crippen LogP contribution in [0.4, 0.5) is 0 Å². The van der Waals surface area contributed by atoms with E-state index in [0.717, 1.165) is 28.7 Å². The van der Waals surface area contributed by atoms with Crippen LogP contribution in [0, 0.1) is 6.92 Å². The number of amides is 1. The summed E-state index contributed by atoms with van der Waals surface area (Å²) in [5.74, 6) is -0.0890. The molecule has 0 bridgehead atoms. The topological polar surface area (TPSA) is 80.0 Å². The number of methoxy groups -OCH3 is 1. The predicted octanol–water partition coefficient (Wildman–Crippen LogP) is 4.49. The SMILES string of the molecule is COc1ccc2c(C)c(C(=O)N3CCC[C@@H]3c3ccc(C(=O)O)s3)oc2c1. The zero-order valence-corrected chi connectivity index (χ0v) is 15.8. The van der Waals surface area contributed by atoms with Gasteiger partial charge in [0.25, 0.3) is 5.91 Å². The molecule has 1 fully saturated rings. The first kappa shape index (κ1) is 17.6. The lowest BCUT2D eigenvalue weighted by molar-refractivity contribution is 0.0696. The van der Waals surface area contributed by atoms with E-state index in [-0.39, 0.29) is 16.8 Å². The molecule has 3 aromatic rings. The van der Waals surface area contributed by atoms with Gasteiger partial charge in [-0.15, -0.1) is 11.3 Å². The Labute approximate surface area is 160 Å². The second kappa shape index (κ2) is 6.74. The van der Waals surface area contributed by atoms with Gasteiger partial charge < -0.3 is 19.2 Å². The van der Waals surface area contributed by atoms with Crippen molar-refractivity contribution >= 4 is 34.2 Å². The van der Waals surface area contributed by atoms with Crippen molar-refractivity contribution in [3.63, 3.8) is 0 Å². The maximum atomic E-state index is 13.2. The number of rotatable bonds is 4. The second-order valence-corrected chi connectivity index (χ2v) is 7.70. The Morgan fingerprint density at radius 1 is 1.30 bits per heavy atom. The fraction of sp³-hybridized carbons (Fsp3) is 0.300. The number of aromatic carboxylic acids is 1. The number of carbonyl (C=O) groups is 2. The van der Waals surface area contributed by atoms with Crippen LogP contribution in [-0.2, 0) is 0 Å². The quantitative estimate of drug-likeness (QED) is 0.716. The Hall–Kier alpha value is -2.80. The summed E-state index contributed by atoms with van der Waals surface area (Å²) in [5, 5.41) is 10.0. The van der Waals surface area contributed by atoms with E-state index in [1.54, 1.807) is 30.2 Å². The molecule has 27 heavy (non-hydrogen) atoms. The average Bonchev–Trinajstić information content (AvgIpc) is 3.39. The summed E-state index contributed by atoms with van der Waals surface area (Å²) in [6.07, 6.45) is 1.70. The highest BCUT2D eigenvalue weighted by Crippen LogP contribution is 2.38. The number of aryl methyl sites for hydroxylation is 1. The third-order valence-corrected chi connectivity index (χ3v) is 6.19. The van der Waals surface area contributed by atoms with Crippen molar-refractivity contribution in [1.29, 1.82) is 0 Å². The summed E-state index contributed by atoms with van der Waals surface area (Å²) in [6.45, 7) is 2.51. The van der Waals surface area contributed by atoms with E-state index in [1.807, 2.05) is 19.1 Å². The molecular weight excluding hydrogens is 366 g/mol. The number of fused-ring (bicyclic) bond motifs is 1. The van der Waals surface area contributed by atoms with Gasteiger partial charge in [0.15, 0.2) is 5.76 Å². The minimum atomic E-state index is -0.941. The van der Waals surface area contributed by atoms with Crippen LogP contribution in [0.15, 0.2) is 34.7 Å². The number of nitrogens with zero attached hydrogens (tertiary/aromatic N) is 1. The average molecular weight is 385 g/mol. The van der Waals surface area contributed by atoms with Crippen molar-refractivity contribution < 1.29 is 23.8 Å². The zero-order valence-electron chi connectivity index (χ0n) is 15.0. The maximum Gasteiger partial charge on any atom is 0.345 e. The largest absolute Gasteiger partial charge is 0.497 e. The van der Waals surface area contributed by atoms with Crippen molar-refractivity contribution in [1.82, 2.24) is 4.90 Å². The number of carbonyl (C=O) groups excluding carboxylic acids is 1. The Morgan fingerprint density at radius 2 is 2.11 bits per heavy atom. The van der Waals surface area contributed by atoms with Crippen molar-refractivity contribution in [2.75, 3.05) is 13.7 Å². The molecule has 2 aromatic heterocycles. The van der Waals surface area contributed by atoms with E-state index < -0.39 is 5.97 Å². The Bertz CT molecular complexity index is 1030. The van der Waals surface area contributed by atoms with Crippen LogP contribution in [0.25, 0.3) is 11.0 Å². The van der Waals surface area contributed by atoms with Crippen LogP contribution in [0.3, 0.4) is 0 Å². The van der Waals surface area contributed by atoms with Crippen molar-refractivity contribution in [2.24, 2.45) is 0 Å². The van der Waals surface area contributed by atoms with Crippen LogP contribution in [0.5, 0.6) is 5.75 Å². The molecule has 4 rings (SSSR count). The number of thiophene rings is 1. The molecule has 1 saturated heterocycles. The Balaban J connectivity index is 1.67. The molecule has 6 nitrogen and oxygen atoms in total. The summed E-state index contributed by atoms with van der Waals surface area (Å²) >= 11 is 1.23. The van der Waals surface area contributed by atoms with Crippen molar-refractivity contribution in [2.45, 2.75) is 25.8 Å². The van der Waals surface area contributed by atoms with Crippen LogP contribution in [0.1, 0.15) is 49.6 Å². The molecule has 0 saturated carbocycles. The third kappa shape index (κ3) is 2.98. The van der Waals surface area contributed by atoms with E-state index in [4.69, 9.17) is 14.3 Å². The first-order valence-corrected chi connectivity index (χ1v) is 9.52. The Kier molecular flexibility index (Phi) is 4.39. The number of furan rings is 1. The summed E-state index contributed by atoms with van der Waals surface area (Å²) in [6, 6.07) is 8.81. The smallest absolute Gasteiger partial charge is 0.345 e. The molecule has 1 aliphatic heterocycles. The number of carboxylic acids is 1. The summed E-state index contributed by atoms with van der Waals surface area (Å²) < 4.78 is 11.1. The minimum Gasteiger partial charge on any atom is -0.497 e. The molecule has 7 heteroatoms. The number of hydrogen-bond donors (Lipinski definition) is 1. The Morgan fingerprint density at radius 3 is 2.81 bits per heavy atom. The number of benzene rings is 1. The summed E-state index contributed by atoms with van der Waals surface area (Å²) in [4.78, 5) is 27.3. The second-order valence-electron chi connectivity index (χ2n) is 6.58. The predicted molar refractivity (Wildman–Crippen MR) is 102 cm³/mol.